The van der Waals surface area contributed by atoms with Gasteiger partial charge in [-0.15, -0.1) is 0 Å². The number of ether oxygens (including phenoxy) is 1. The number of rotatable bonds is 12. The normalized spacial score (nSPS) is 15.7. The van der Waals surface area contributed by atoms with E-state index >= 15 is 0 Å². The Morgan fingerprint density at radius 3 is 2.52 bits per heavy atom. The van der Waals surface area contributed by atoms with Crippen LogP contribution in [0.2, 0.25) is 0 Å². The quantitative estimate of drug-likeness (QED) is 0.472. The van der Waals surface area contributed by atoms with Crippen molar-refractivity contribution in [2.45, 2.75) is 64.6 Å². The summed E-state index contributed by atoms with van der Waals surface area (Å²) in [5, 5.41) is 0. The third-order valence-corrected chi connectivity index (χ3v) is 5.62. The molecule has 0 radical (unpaired) electrons. The lowest BCUT2D eigenvalue weighted by atomic mass is 10.1. The van der Waals surface area contributed by atoms with Gasteiger partial charge in [-0.05, 0) is 37.0 Å². The smallest absolute Gasteiger partial charge is 0.242 e. The van der Waals surface area contributed by atoms with E-state index in [-0.39, 0.29) is 24.5 Å². The van der Waals surface area contributed by atoms with Crippen molar-refractivity contribution in [3.05, 3.63) is 60.1 Å². The maximum atomic E-state index is 13.3. The number of amides is 2. The summed E-state index contributed by atoms with van der Waals surface area (Å²) < 4.78 is 11.2. The molecule has 1 fully saturated rings. The molecule has 3 rings (SSSR count). The molecule has 1 aromatic heterocycles. The molecule has 1 aliphatic heterocycles. The molecule has 31 heavy (non-hydrogen) atoms. The Kier molecular flexibility index (Phi) is 9.16. The predicted octanol–water partition coefficient (Wildman–Crippen LogP) is 4.40. The molecular weight excluding hydrogens is 392 g/mol. The zero-order valence-corrected chi connectivity index (χ0v) is 18.5. The molecule has 2 heterocycles. The average molecular weight is 427 g/mol. The Labute approximate surface area is 185 Å². The molecule has 1 aromatic carbocycles. The van der Waals surface area contributed by atoms with Crippen LogP contribution in [0, 0.1) is 0 Å². The first-order chi connectivity index (χ1) is 15.2. The van der Waals surface area contributed by atoms with E-state index in [9.17, 15) is 9.59 Å². The summed E-state index contributed by atoms with van der Waals surface area (Å²) in [5.41, 5.74) is 1.04. The molecule has 0 saturated carbocycles. The molecule has 2 aromatic rings. The summed E-state index contributed by atoms with van der Waals surface area (Å²) in [5.74, 6) is 0.682. The number of unbranched alkanes of at least 4 members (excludes halogenated alkanes) is 2. The van der Waals surface area contributed by atoms with E-state index in [1.54, 1.807) is 16.1 Å². The first kappa shape index (κ1) is 23.1. The van der Waals surface area contributed by atoms with E-state index in [1.807, 2.05) is 42.5 Å². The Morgan fingerprint density at radius 1 is 1.00 bits per heavy atom. The largest absolute Gasteiger partial charge is 0.467 e. The van der Waals surface area contributed by atoms with E-state index in [0.717, 1.165) is 50.0 Å². The van der Waals surface area contributed by atoms with Crippen LogP contribution in [-0.2, 0) is 27.4 Å². The van der Waals surface area contributed by atoms with Gasteiger partial charge in [-0.3, -0.25) is 9.59 Å². The van der Waals surface area contributed by atoms with E-state index in [0.29, 0.717) is 26.1 Å². The summed E-state index contributed by atoms with van der Waals surface area (Å²) in [4.78, 5) is 29.7. The van der Waals surface area contributed by atoms with Gasteiger partial charge in [0.1, 0.15) is 5.76 Å². The fourth-order valence-electron chi connectivity index (χ4n) is 3.86. The van der Waals surface area contributed by atoms with E-state index < -0.39 is 0 Å². The monoisotopic (exact) mass is 426 g/mol. The SMILES string of the molecule is CCCCCC(=O)N(CC(=O)N(Cc1ccccc1)Cc1ccco1)C[C@H]1CCCO1. The van der Waals surface area contributed by atoms with E-state index in [1.165, 1.54) is 0 Å². The standard InChI is InChI=1S/C25H34N2O4/c1-2-3-5-14-24(28)27(19-23-13-9-16-31-23)20-25(29)26(18-22-12-8-15-30-22)17-21-10-6-4-7-11-21/h4,6-8,10-12,15,23H,2-3,5,9,13-14,16-20H2,1H3/t23-/m1/s1. The van der Waals surface area contributed by atoms with Crippen molar-refractivity contribution in [1.29, 1.82) is 0 Å². The number of carbonyl (C=O) groups is 2. The molecule has 0 bridgehead atoms. The Hall–Kier alpha value is -2.60. The minimum atomic E-state index is -0.0814. The highest BCUT2D eigenvalue weighted by molar-refractivity contribution is 5.84. The van der Waals surface area contributed by atoms with Crippen LogP contribution in [0.1, 0.15) is 56.8 Å². The van der Waals surface area contributed by atoms with Crippen LogP contribution in [0.5, 0.6) is 0 Å². The van der Waals surface area contributed by atoms with Crippen molar-refractivity contribution < 1.29 is 18.7 Å². The molecule has 0 aliphatic carbocycles. The van der Waals surface area contributed by atoms with Crippen LogP contribution in [0.25, 0.3) is 0 Å². The molecular formula is C25H34N2O4. The van der Waals surface area contributed by atoms with Gasteiger partial charge < -0.3 is 19.0 Å². The molecule has 168 valence electrons. The van der Waals surface area contributed by atoms with Gasteiger partial charge in [0, 0.05) is 26.1 Å². The second-order valence-corrected chi connectivity index (χ2v) is 8.18. The van der Waals surface area contributed by atoms with Crippen LogP contribution < -0.4 is 0 Å². The molecule has 1 saturated heterocycles. The summed E-state index contributed by atoms with van der Waals surface area (Å²) in [6, 6.07) is 13.6. The third kappa shape index (κ3) is 7.55. The molecule has 1 atom stereocenters. The van der Waals surface area contributed by atoms with Gasteiger partial charge in [-0.2, -0.15) is 0 Å². The molecule has 0 spiro atoms. The maximum absolute atomic E-state index is 13.3. The van der Waals surface area contributed by atoms with Crippen LogP contribution in [0.3, 0.4) is 0 Å². The third-order valence-electron chi connectivity index (χ3n) is 5.62. The van der Waals surface area contributed by atoms with E-state index in [4.69, 9.17) is 9.15 Å². The Balaban J connectivity index is 1.69. The summed E-state index contributed by atoms with van der Waals surface area (Å²) in [6.45, 7) is 4.25. The Bertz CT molecular complexity index is 785. The average Bonchev–Trinajstić information content (AvgIpc) is 3.48. The fraction of sp³-hybridized carbons (Fsp3) is 0.520. The summed E-state index contributed by atoms with van der Waals surface area (Å²) in [6.07, 6.45) is 6.99. The lowest BCUT2D eigenvalue weighted by molar-refractivity contribution is -0.142. The van der Waals surface area contributed by atoms with Gasteiger partial charge in [0.05, 0.1) is 25.5 Å². The minimum Gasteiger partial charge on any atom is -0.467 e. The number of benzene rings is 1. The number of nitrogens with zero attached hydrogens (tertiary/aromatic N) is 2. The van der Waals surface area contributed by atoms with Crippen LogP contribution in [-0.4, -0.2) is 47.4 Å². The number of hydrogen-bond acceptors (Lipinski definition) is 4. The zero-order valence-electron chi connectivity index (χ0n) is 18.5. The van der Waals surface area contributed by atoms with Crippen LogP contribution in [0.15, 0.2) is 53.1 Å². The highest BCUT2D eigenvalue weighted by Gasteiger charge is 2.26. The van der Waals surface area contributed by atoms with Crippen molar-refractivity contribution in [2.24, 2.45) is 0 Å². The van der Waals surface area contributed by atoms with Gasteiger partial charge in [0.15, 0.2) is 0 Å². The topological polar surface area (TPSA) is 63.0 Å². The molecule has 6 nitrogen and oxygen atoms in total. The lowest BCUT2D eigenvalue weighted by Crippen LogP contribution is -2.45. The second kappa shape index (κ2) is 12.3. The zero-order chi connectivity index (χ0) is 21.9. The molecule has 0 unspecified atom stereocenters. The minimum absolute atomic E-state index is 0.0237. The van der Waals surface area contributed by atoms with Crippen LogP contribution >= 0.6 is 0 Å². The van der Waals surface area contributed by atoms with Gasteiger partial charge in [0.2, 0.25) is 11.8 Å². The fourth-order valence-corrected chi connectivity index (χ4v) is 3.86. The summed E-state index contributed by atoms with van der Waals surface area (Å²) in [7, 11) is 0. The van der Waals surface area contributed by atoms with Crippen molar-refractivity contribution >= 4 is 11.8 Å². The maximum Gasteiger partial charge on any atom is 0.242 e. The Morgan fingerprint density at radius 2 is 1.84 bits per heavy atom. The van der Waals surface area contributed by atoms with Crippen molar-refractivity contribution in [1.82, 2.24) is 9.80 Å². The molecule has 1 aliphatic rings. The second-order valence-electron chi connectivity index (χ2n) is 8.18. The number of carbonyl (C=O) groups excluding carboxylic acids is 2. The number of hydrogen-bond donors (Lipinski definition) is 0. The molecule has 2 amide bonds. The van der Waals surface area contributed by atoms with E-state index in [2.05, 4.69) is 6.92 Å². The highest BCUT2D eigenvalue weighted by atomic mass is 16.5. The number of furan rings is 1. The van der Waals surface area contributed by atoms with Crippen LogP contribution in [0.4, 0.5) is 0 Å². The lowest BCUT2D eigenvalue weighted by Gasteiger charge is -2.29. The first-order valence-electron chi connectivity index (χ1n) is 11.4. The van der Waals surface area contributed by atoms with Gasteiger partial charge in [-0.1, -0.05) is 50.1 Å². The van der Waals surface area contributed by atoms with Crippen molar-refractivity contribution in [3.8, 4) is 0 Å². The van der Waals surface area contributed by atoms with Gasteiger partial charge in [0.25, 0.3) is 0 Å². The molecule has 0 N–H and O–H groups in total. The first-order valence-corrected chi connectivity index (χ1v) is 11.4. The van der Waals surface area contributed by atoms with Crippen molar-refractivity contribution in [2.75, 3.05) is 19.7 Å². The predicted molar refractivity (Wildman–Crippen MR) is 119 cm³/mol. The highest BCUT2D eigenvalue weighted by Crippen LogP contribution is 2.16. The molecule has 6 heteroatoms. The van der Waals surface area contributed by atoms with Crippen molar-refractivity contribution in [3.63, 3.8) is 0 Å². The van der Waals surface area contributed by atoms with Gasteiger partial charge >= 0.3 is 0 Å². The van der Waals surface area contributed by atoms with Gasteiger partial charge in [-0.25, -0.2) is 0 Å². The summed E-state index contributed by atoms with van der Waals surface area (Å²) >= 11 is 0.